The van der Waals surface area contributed by atoms with Gasteiger partial charge in [0, 0.05) is 51.4 Å². The molecule has 0 aromatic carbocycles. The van der Waals surface area contributed by atoms with E-state index >= 15 is 0 Å². The van der Waals surface area contributed by atoms with E-state index in [2.05, 4.69) is 15.0 Å². The fourth-order valence-electron chi connectivity index (χ4n) is 4.37. The number of nitrogens with zero attached hydrogens (tertiary/aromatic N) is 7. The summed E-state index contributed by atoms with van der Waals surface area (Å²) in [6.07, 6.45) is -0.170. The first-order valence-electron chi connectivity index (χ1n) is 11.9. The van der Waals surface area contributed by atoms with Crippen LogP contribution in [-0.4, -0.2) is 82.2 Å². The molecule has 2 aliphatic heterocycles. The van der Waals surface area contributed by atoms with Gasteiger partial charge in [-0.3, -0.25) is 18.6 Å². The second kappa shape index (κ2) is 11.4. The Morgan fingerprint density at radius 1 is 1.18 bits per heavy atom. The van der Waals surface area contributed by atoms with Crippen molar-refractivity contribution in [2.75, 3.05) is 49.8 Å². The zero-order valence-electron chi connectivity index (χ0n) is 20.8. The maximum atomic E-state index is 14.7. The van der Waals surface area contributed by atoms with Crippen LogP contribution in [0.2, 0.25) is 0 Å². The monoisotopic (exact) mass is 541 g/mol. The number of ether oxygens (including phenoxy) is 2. The number of hydrogen-bond donors (Lipinski definition) is 0. The molecule has 0 bridgehead atoms. The number of rotatable bonds is 4. The highest BCUT2D eigenvalue weighted by Crippen LogP contribution is 2.34. The maximum Gasteiger partial charge on any atom is 0.408 e. The molecule has 2 atom stereocenters. The van der Waals surface area contributed by atoms with Crippen LogP contribution in [0.5, 0.6) is 0 Å². The van der Waals surface area contributed by atoms with Gasteiger partial charge < -0.3 is 19.3 Å². The highest BCUT2D eigenvalue weighted by Gasteiger charge is 2.47. The van der Waals surface area contributed by atoms with Gasteiger partial charge in [-0.2, -0.15) is 22.5 Å². The Hall–Kier alpha value is -3.59. The summed E-state index contributed by atoms with van der Waals surface area (Å²) in [6.45, 7) is 2.37. The van der Waals surface area contributed by atoms with E-state index in [-0.39, 0.29) is 49.5 Å². The number of morpholine rings is 1. The van der Waals surface area contributed by atoms with Crippen LogP contribution in [0.15, 0.2) is 40.3 Å². The number of anilines is 2. The topological polar surface area (TPSA) is 107 Å². The van der Waals surface area contributed by atoms with Crippen LogP contribution in [0.4, 0.5) is 29.3 Å². The Labute approximate surface area is 214 Å². The van der Waals surface area contributed by atoms with Crippen molar-refractivity contribution >= 4 is 17.5 Å². The molecule has 0 amide bonds. The summed E-state index contributed by atoms with van der Waals surface area (Å²) in [5, 5.41) is 0. The van der Waals surface area contributed by atoms with Crippen LogP contribution < -0.4 is 20.9 Å². The van der Waals surface area contributed by atoms with Gasteiger partial charge in [0.1, 0.15) is 6.04 Å². The summed E-state index contributed by atoms with van der Waals surface area (Å²) in [6, 6.07) is 1.03. The lowest BCUT2D eigenvalue weighted by atomic mass is 10.1. The minimum Gasteiger partial charge on any atom is -0.383 e. The van der Waals surface area contributed by atoms with Crippen molar-refractivity contribution in [2.24, 2.45) is 0 Å². The van der Waals surface area contributed by atoms with Crippen LogP contribution in [0.25, 0.3) is 5.78 Å². The normalized spacial score (nSPS) is 19.6. The van der Waals surface area contributed by atoms with Gasteiger partial charge in [-0.25, -0.2) is 9.97 Å². The van der Waals surface area contributed by atoms with Gasteiger partial charge in [0.05, 0.1) is 25.9 Å². The van der Waals surface area contributed by atoms with E-state index in [1.165, 1.54) is 23.8 Å². The van der Waals surface area contributed by atoms with Crippen molar-refractivity contribution in [3.63, 3.8) is 0 Å². The predicted molar refractivity (Wildman–Crippen MR) is 129 cm³/mol. The first-order valence-corrected chi connectivity index (χ1v) is 11.9. The van der Waals surface area contributed by atoms with Crippen molar-refractivity contribution in [3.8, 4) is 0 Å². The quantitative estimate of drug-likeness (QED) is 0.454. The van der Waals surface area contributed by atoms with Crippen molar-refractivity contribution in [2.45, 2.75) is 38.1 Å². The van der Waals surface area contributed by atoms with Gasteiger partial charge in [-0.1, -0.05) is 0 Å². The predicted octanol–water partition coefficient (Wildman–Crippen LogP) is 1.48. The maximum absolute atomic E-state index is 14.7. The van der Waals surface area contributed by atoms with E-state index in [0.717, 1.165) is 9.47 Å². The number of alkyl halides is 3. The van der Waals surface area contributed by atoms with E-state index in [4.69, 9.17) is 9.47 Å². The van der Waals surface area contributed by atoms with Gasteiger partial charge in [-0.15, -0.1) is 0 Å². The first kappa shape index (κ1) is 27.4. The van der Waals surface area contributed by atoms with Crippen LogP contribution in [-0.2, 0) is 16.0 Å². The van der Waals surface area contributed by atoms with Gasteiger partial charge in [-0.05, 0) is 19.4 Å². The van der Waals surface area contributed by atoms with E-state index in [1.807, 2.05) is 0 Å². The second-order valence-electron chi connectivity index (χ2n) is 8.73. The fraction of sp³-hybridized carbons (Fsp3) is 0.522. The zero-order chi connectivity index (χ0) is 27.4. The summed E-state index contributed by atoms with van der Waals surface area (Å²) in [7, 11) is 1.37. The third-order valence-corrected chi connectivity index (χ3v) is 6.26. The molecule has 5 rings (SSSR count). The van der Waals surface area contributed by atoms with Gasteiger partial charge in [0.2, 0.25) is 17.5 Å². The minimum absolute atomic E-state index is 0.0170. The standard InChI is InChI=1S/C16H22F4N4O3.C7H5N3O/c1-10-9-27-8-6-22(10)13-12(17)14(25)24-4-3-11(16(18,19)20)23(5-7-26-2)15(24)21-13;11-6-2-4-9-7-8-3-1-5-10(6)7/h10-11H,3-9H2,1-2H3;1-5H/t10-,11+;/m1./s1. The molecule has 1 fully saturated rings. The van der Waals surface area contributed by atoms with Crippen molar-refractivity contribution < 1.29 is 27.0 Å². The van der Waals surface area contributed by atoms with Crippen LogP contribution in [0.1, 0.15) is 13.3 Å². The lowest BCUT2D eigenvalue weighted by Crippen LogP contribution is -2.54. The summed E-state index contributed by atoms with van der Waals surface area (Å²) in [5.74, 6) is -1.03. The molecule has 11 nitrogen and oxygen atoms in total. The zero-order valence-corrected chi connectivity index (χ0v) is 20.8. The molecule has 206 valence electrons. The van der Waals surface area contributed by atoms with Crippen LogP contribution >= 0.6 is 0 Å². The fourth-order valence-corrected chi connectivity index (χ4v) is 4.37. The molecule has 0 spiro atoms. The largest absolute Gasteiger partial charge is 0.408 e. The summed E-state index contributed by atoms with van der Waals surface area (Å²) in [4.78, 5) is 38.1. The molecule has 0 aliphatic carbocycles. The SMILES string of the molecule is COCCN1c2nc(N3CCOC[C@H]3C)c(F)c(=O)n2CC[C@H]1C(F)(F)F.O=c1ccnc2ncccn12. The molecule has 2 aliphatic rings. The molecule has 5 heterocycles. The number of fused-ring (bicyclic) bond motifs is 2. The Kier molecular flexibility index (Phi) is 8.26. The summed E-state index contributed by atoms with van der Waals surface area (Å²) in [5.41, 5.74) is -1.07. The molecule has 3 aromatic heterocycles. The Morgan fingerprint density at radius 3 is 2.63 bits per heavy atom. The molecule has 38 heavy (non-hydrogen) atoms. The number of methoxy groups -OCH3 is 1. The third kappa shape index (κ3) is 5.62. The average Bonchev–Trinajstić information content (AvgIpc) is 2.90. The van der Waals surface area contributed by atoms with Crippen molar-refractivity contribution in [3.05, 3.63) is 57.2 Å². The summed E-state index contributed by atoms with van der Waals surface area (Å²) >= 11 is 0. The molecule has 0 saturated carbocycles. The molecule has 15 heteroatoms. The van der Waals surface area contributed by atoms with Gasteiger partial charge >= 0.3 is 6.18 Å². The summed E-state index contributed by atoms with van der Waals surface area (Å²) < 4.78 is 67.8. The second-order valence-corrected chi connectivity index (χ2v) is 8.73. The van der Waals surface area contributed by atoms with Crippen LogP contribution in [0, 0.1) is 5.82 Å². The average molecular weight is 542 g/mol. The molecule has 0 unspecified atom stereocenters. The number of aromatic nitrogens is 5. The van der Waals surface area contributed by atoms with Crippen molar-refractivity contribution in [1.29, 1.82) is 0 Å². The smallest absolute Gasteiger partial charge is 0.383 e. The number of halogens is 4. The Balaban J connectivity index is 0.000000253. The lowest BCUT2D eigenvalue weighted by Gasteiger charge is -2.40. The first-order chi connectivity index (χ1) is 18.1. The molecule has 0 N–H and O–H groups in total. The lowest BCUT2D eigenvalue weighted by molar-refractivity contribution is -0.153. The molecule has 1 saturated heterocycles. The van der Waals surface area contributed by atoms with E-state index in [1.54, 1.807) is 30.3 Å². The van der Waals surface area contributed by atoms with E-state index < -0.39 is 23.6 Å². The molecule has 3 aromatic rings. The van der Waals surface area contributed by atoms with Crippen LogP contribution in [0.3, 0.4) is 0 Å². The van der Waals surface area contributed by atoms with E-state index in [0.29, 0.717) is 25.5 Å². The molecular formula is C23H27F4N7O4. The molecule has 0 radical (unpaired) electrons. The van der Waals surface area contributed by atoms with E-state index in [9.17, 15) is 27.2 Å². The highest BCUT2D eigenvalue weighted by molar-refractivity contribution is 5.48. The van der Waals surface area contributed by atoms with Crippen molar-refractivity contribution in [1.82, 2.24) is 23.9 Å². The third-order valence-electron chi connectivity index (χ3n) is 6.26. The Bertz CT molecular complexity index is 1380. The van der Waals surface area contributed by atoms with Gasteiger partial charge in [0.25, 0.3) is 11.1 Å². The minimum atomic E-state index is -4.50. The van der Waals surface area contributed by atoms with Gasteiger partial charge in [0.15, 0.2) is 5.82 Å². The highest BCUT2D eigenvalue weighted by atomic mass is 19.4. The molecular weight excluding hydrogens is 514 g/mol. The number of hydrogen-bond acceptors (Lipinski definition) is 9. The Morgan fingerprint density at radius 2 is 1.95 bits per heavy atom.